The lowest BCUT2D eigenvalue weighted by Gasteiger charge is -2.38. The van der Waals surface area contributed by atoms with Crippen LogP contribution in [-0.4, -0.2) is 42.8 Å². The van der Waals surface area contributed by atoms with Crippen molar-refractivity contribution in [1.29, 1.82) is 0 Å². The molecule has 2 aliphatic heterocycles. The lowest BCUT2D eigenvalue weighted by atomic mass is 9.88. The van der Waals surface area contributed by atoms with Crippen molar-refractivity contribution in [3.63, 3.8) is 0 Å². The van der Waals surface area contributed by atoms with Gasteiger partial charge in [-0.3, -0.25) is 0 Å². The fourth-order valence-corrected chi connectivity index (χ4v) is 3.82. The summed E-state index contributed by atoms with van der Waals surface area (Å²) in [5, 5.41) is 5.76. The van der Waals surface area contributed by atoms with Gasteiger partial charge in [0, 0.05) is 19.6 Å². The molecule has 2 aromatic rings. The molecule has 1 fully saturated rings. The van der Waals surface area contributed by atoms with Crippen LogP contribution in [0.5, 0.6) is 0 Å². The minimum Gasteiger partial charge on any atom is -0.331 e. The molecule has 0 radical (unpaired) electrons. The van der Waals surface area contributed by atoms with Crippen molar-refractivity contribution in [3.8, 4) is 0 Å². The highest BCUT2D eigenvalue weighted by Crippen LogP contribution is 2.35. The predicted octanol–water partition coefficient (Wildman–Crippen LogP) is 2.79. The zero-order valence-electron chi connectivity index (χ0n) is 14.3. The van der Waals surface area contributed by atoms with E-state index in [0.29, 0.717) is 13.1 Å². The van der Waals surface area contributed by atoms with Crippen molar-refractivity contribution in [3.05, 3.63) is 71.0 Å². The number of amides is 2. The lowest BCUT2D eigenvalue weighted by molar-refractivity contribution is 0.171. The standard InChI is InChI=1S/C20H21F2N3O/c21-15-7-5-14(6-8-15)19-16-4-2-1-3-13(16)9-10-25(19)20(26)24-18-12-23-11-17(18)22/h1-8,17-19,23H,9-12H2,(H,24,26)/t17-,18-,19+/m1/s1. The zero-order chi connectivity index (χ0) is 18.1. The zero-order valence-corrected chi connectivity index (χ0v) is 14.3. The summed E-state index contributed by atoms with van der Waals surface area (Å²) >= 11 is 0. The number of rotatable bonds is 2. The molecule has 136 valence electrons. The summed E-state index contributed by atoms with van der Waals surface area (Å²) in [7, 11) is 0. The molecule has 2 heterocycles. The second kappa shape index (κ2) is 7.03. The van der Waals surface area contributed by atoms with E-state index in [2.05, 4.69) is 16.7 Å². The van der Waals surface area contributed by atoms with Crippen LogP contribution < -0.4 is 10.6 Å². The van der Waals surface area contributed by atoms with Gasteiger partial charge in [0.05, 0.1) is 12.1 Å². The highest BCUT2D eigenvalue weighted by molar-refractivity contribution is 5.76. The van der Waals surface area contributed by atoms with Gasteiger partial charge in [0.25, 0.3) is 0 Å². The Morgan fingerprint density at radius 2 is 1.88 bits per heavy atom. The fourth-order valence-electron chi connectivity index (χ4n) is 3.82. The molecule has 2 N–H and O–H groups in total. The Hall–Kier alpha value is -2.47. The van der Waals surface area contributed by atoms with Gasteiger partial charge in [-0.15, -0.1) is 0 Å². The van der Waals surface area contributed by atoms with Crippen molar-refractivity contribution >= 4 is 6.03 Å². The number of benzene rings is 2. The highest BCUT2D eigenvalue weighted by Gasteiger charge is 2.35. The van der Waals surface area contributed by atoms with Crippen LogP contribution in [0.25, 0.3) is 0 Å². The number of fused-ring (bicyclic) bond motifs is 1. The quantitative estimate of drug-likeness (QED) is 0.868. The topological polar surface area (TPSA) is 44.4 Å². The van der Waals surface area contributed by atoms with Gasteiger partial charge in [-0.2, -0.15) is 0 Å². The Morgan fingerprint density at radius 1 is 1.12 bits per heavy atom. The van der Waals surface area contributed by atoms with Crippen molar-refractivity contribution in [1.82, 2.24) is 15.5 Å². The predicted molar refractivity (Wildman–Crippen MR) is 95.2 cm³/mol. The highest BCUT2D eigenvalue weighted by atomic mass is 19.1. The van der Waals surface area contributed by atoms with Crippen molar-refractivity contribution < 1.29 is 13.6 Å². The van der Waals surface area contributed by atoms with Crippen LogP contribution in [0, 0.1) is 5.82 Å². The van der Waals surface area contributed by atoms with Crippen LogP contribution in [-0.2, 0) is 6.42 Å². The van der Waals surface area contributed by atoms with E-state index in [9.17, 15) is 13.6 Å². The van der Waals surface area contributed by atoms with Crippen LogP contribution in [0.15, 0.2) is 48.5 Å². The smallest absolute Gasteiger partial charge is 0.318 e. The number of halogens is 2. The molecule has 2 aliphatic rings. The van der Waals surface area contributed by atoms with E-state index in [4.69, 9.17) is 0 Å². The maximum atomic E-state index is 13.9. The van der Waals surface area contributed by atoms with Gasteiger partial charge in [0.2, 0.25) is 0 Å². The first kappa shape index (κ1) is 17.0. The molecular weight excluding hydrogens is 336 g/mol. The number of nitrogens with one attached hydrogen (secondary N) is 2. The third-order valence-corrected chi connectivity index (χ3v) is 5.18. The minimum atomic E-state index is -1.08. The van der Waals surface area contributed by atoms with E-state index in [-0.39, 0.29) is 24.4 Å². The number of carbonyl (C=O) groups is 1. The minimum absolute atomic E-state index is 0.259. The number of alkyl halides is 1. The fraction of sp³-hybridized carbons (Fsp3) is 0.350. The Morgan fingerprint density at radius 3 is 2.62 bits per heavy atom. The Kier molecular flexibility index (Phi) is 4.59. The number of carbonyl (C=O) groups excluding carboxylic acids is 1. The third-order valence-electron chi connectivity index (χ3n) is 5.18. The van der Waals surface area contributed by atoms with E-state index >= 15 is 0 Å². The van der Waals surface area contributed by atoms with Gasteiger partial charge in [-0.05, 0) is 35.2 Å². The van der Waals surface area contributed by atoms with E-state index in [1.54, 1.807) is 17.0 Å². The first-order chi connectivity index (χ1) is 12.6. The molecule has 0 aromatic heterocycles. The average molecular weight is 357 g/mol. The summed E-state index contributed by atoms with van der Waals surface area (Å²) < 4.78 is 27.3. The second-order valence-corrected chi connectivity index (χ2v) is 6.83. The monoisotopic (exact) mass is 357 g/mol. The molecule has 0 spiro atoms. The van der Waals surface area contributed by atoms with Crippen LogP contribution >= 0.6 is 0 Å². The summed E-state index contributed by atoms with van der Waals surface area (Å²) in [5.41, 5.74) is 3.05. The van der Waals surface area contributed by atoms with Gasteiger partial charge in [-0.25, -0.2) is 13.6 Å². The van der Waals surface area contributed by atoms with E-state index < -0.39 is 12.2 Å². The van der Waals surface area contributed by atoms with E-state index in [1.807, 2.05) is 18.2 Å². The molecular formula is C20H21F2N3O. The molecule has 1 saturated heterocycles. The molecule has 0 unspecified atom stereocenters. The molecule has 3 atom stereocenters. The molecule has 2 aromatic carbocycles. The summed E-state index contributed by atoms with van der Waals surface area (Å²) in [6.07, 6.45) is -0.344. The summed E-state index contributed by atoms with van der Waals surface area (Å²) in [6, 6.07) is 13.1. The Bertz CT molecular complexity index is 796. The molecule has 6 heteroatoms. The molecule has 0 bridgehead atoms. The maximum absolute atomic E-state index is 13.9. The average Bonchev–Trinajstić information content (AvgIpc) is 3.06. The third kappa shape index (κ3) is 3.17. The summed E-state index contributed by atoms with van der Waals surface area (Å²) in [6.45, 7) is 1.22. The number of nitrogens with zero attached hydrogens (tertiary/aromatic N) is 1. The number of hydrogen-bond donors (Lipinski definition) is 2. The Balaban J connectivity index is 1.66. The van der Waals surface area contributed by atoms with Gasteiger partial charge in [0.1, 0.15) is 12.0 Å². The SMILES string of the molecule is O=C(N[C@@H]1CNC[C@H]1F)N1CCc2ccccc2[C@@H]1c1ccc(F)cc1. The van der Waals surface area contributed by atoms with Crippen molar-refractivity contribution in [2.24, 2.45) is 0 Å². The summed E-state index contributed by atoms with van der Waals surface area (Å²) in [5.74, 6) is -0.314. The van der Waals surface area contributed by atoms with Gasteiger partial charge in [0.15, 0.2) is 0 Å². The van der Waals surface area contributed by atoms with Gasteiger partial charge in [-0.1, -0.05) is 36.4 Å². The first-order valence-corrected chi connectivity index (χ1v) is 8.88. The first-order valence-electron chi connectivity index (χ1n) is 8.88. The molecule has 0 saturated carbocycles. The lowest BCUT2D eigenvalue weighted by Crippen LogP contribution is -2.51. The Labute approximate surface area is 151 Å². The van der Waals surface area contributed by atoms with Crippen molar-refractivity contribution in [2.75, 3.05) is 19.6 Å². The van der Waals surface area contributed by atoms with E-state index in [0.717, 1.165) is 17.5 Å². The molecule has 4 nitrogen and oxygen atoms in total. The number of urea groups is 1. The van der Waals surface area contributed by atoms with Crippen LogP contribution in [0.1, 0.15) is 22.7 Å². The number of hydrogen-bond acceptors (Lipinski definition) is 2. The van der Waals surface area contributed by atoms with Crippen LogP contribution in [0.3, 0.4) is 0 Å². The molecule has 0 aliphatic carbocycles. The molecule has 26 heavy (non-hydrogen) atoms. The molecule has 4 rings (SSSR count). The van der Waals surface area contributed by atoms with Crippen LogP contribution in [0.4, 0.5) is 13.6 Å². The second-order valence-electron chi connectivity index (χ2n) is 6.83. The van der Waals surface area contributed by atoms with Gasteiger partial charge < -0.3 is 15.5 Å². The summed E-state index contributed by atoms with van der Waals surface area (Å²) in [4.78, 5) is 14.6. The maximum Gasteiger partial charge on any atom is 0.318 e. The van der Waals surface area contributed by atoms with Gasteiger partial charge >= 0.3 is 6.03 Å². The van der Waals surface area contributed by atoms with Crippen LogP contribution in [0.2, 0.25) is 0 Å². The normalized spacial score (nSPS) is 25.0. The largest absolute Gasteiger partial charge is 0.331 e. The van der Waals surface area contributed by atoms with E-state index in [1.165, 1.54) is 17.7 Å². The molecule has 2 amide bonds. The van der Waals surface area contributed by atoms with Crippen molar-refractivity contribution in [2.45, 2.75) is 24.7 Å².